The molecular formula is C57H66O9. The molecule has 12 bridgehead atoms. The zero-order chi connectivity index (χ0) is 46.3. The minimum atomic E-state index is -0.424. The predicted octanol–water partition coefficient (Wildman–Crippen LogP) is 8.69. The molecule has 3 aromatic carbocycles. The molecule has 348 valence electrons. The van der Waals surface area contributed by atoms with Crippen LogP contribution in [0.25, 0.3) is 16.7 Å². The molecular weight excluding hydrogens is 829 g/mol. The number of rotatable bonds is 6. The molecule has 66 heavy (non-hydrogen) atoms. The van der Waals surface area contributed by atoms with E-state index in [1.807, 2.05) is 54.6 Å². The van der Waals surface area contributed by atoms with Gasteiger partial charge < -0.3 is 29.5 Å². The number of benzene rings is 3. The van der Waals surface area contributed by atoms with Crippen LogP contribution in [-0.2, 0) is 28.6 Å². The van der Waals surface area contributed by atoms with Gasteiger partial charge in [0.25, 0.3) is 0 Å². The van der Waals surface area contributed by atoms with Crippen LogP contribution in [0.3, 0.4) is 0 Å². The molecule has 9 fully saturated rings. The first kappa shape index (κ1) is 45.0. The van der Waals surface area contributed by atoms with E-state index in [1.165, 1.54) is 71.5 Å². The molecule has 3 N–H and O–H groups in total. The van der Waals surface area contributed by atoms with Gasteiger partial charge in [0.2, 0.25) is 0 Å². The van der Waals surface area contributed by atoms with Crippen LogP contribution in [-0.4, -0.2) is 72.9 Å². The molecule has 9 nitrogen and oxygen atoms in total. The van der Waals surface area contributed by atoms with Crippen LogP contribution in [0.15, 0.2) is 108 Å². The maximum Gasteiger partial charge on any atom is 0.309 e. The lowest BCUT2D eigenvalue weighted by atomic mass is 9.55. The Bertz CT molecular complexity index is 2170. The van der Waals surface area contributed by atoms with Gasteiger partial charge in [-0.1, -0.05) is 108 Å². The summed E-state index contributed by atoms with van der Waals surface area (Å²) in [7, 11) is 4.38. The molecule has 15 rings (SSSR count). The minimum absolute atomic E-state index is 0.0450. The zero-order valence-electron chi connectivity index (χ0n) is 39.1. The van der Waals surface area contributed by atoms with Gasteiger partial charge >= 0.3 is 17.9 Å². The average Bonchev–Trinajstić information content (AvgIpc) is 3.90. The highest BCUT2D eigenvalue weighted by atomic mass is 16.5. The van der Waals surface area contributed by atoms with Gasteiger partial charge in [-0.2, -0.15) is 0 Å². The number of allylic oxidation sites excluding steroid dienone is 3. The molecule has 9 heteroatoms. The number of methoxy groups -OCH3 is 3. The number of aliphatic hydroxyl groups is 3. The quantitative estimate of drug-likeness (QED) is 0.164. The van der Waals surface area contributed by atoms with E-state index in [1.54, 1.807) is 0 Å². The first-order valence-electron chi connectivity index (χ1n) is 24.5. The smallest absolute Gasteiger partial charge is 0.309 e. The average molecular weight is 895 g/mol. The number of ether oxygens (including phenoxy) is 3. The molecule has 12 aliphatic carbocycles. The van der Waals surface area contributed by atoms with Crippen molar-refractivity contribution in [2.45, 2.75) is 77.6 Å². The summed E-state index contributed by atoms with van der Waals surface area (Å²) < 4.78 is 15.2. The fraction of sp³-hybridized carbons (Fsp3) is 0.526. The summed E-state index contributed by atoms with van der Waals surface area (Å²) in [6.45, 7) is 6.45. The molecule has 0 amide bonds. The molecule has 3 aromatic rings. The van der Waals surface area contributed by atoms with Crippen molar-refractivity contribution in [1.29, 1.82) is 0 Å². The standard InChI is InChI=1S/3C19H22O3/c3*1-10-14(11-6-4-3-5-7-11)16-12-8-9-13(18(16)20)17(15(10)12)19(21)22-2/h3*3-7,12-13,15-18,20H,8-9H2,1-2H3/t3*12-,13+,15-,16-,17-,18-/m110/s1. The topological polar surface area (TPSA) is 140 Å². The lowest BCUT2D eigenvalue weighted by molar-refractivity contribution is -0.164. The predicted molar refractivity (Wildman–Crippen MR) is 251 cm³/mol. The lowest BCUT2D eigenvalue weighted by Gasteiger charge is -2.50. The molecule has 0 saturated heterocycles. The maximum atomic E-state index is 12.3. The Labute approximate surface area is 389 Å². The number of esters is 3. The monoisotopic (exact) mass is 894 g/mol. The van der Waals surface area contributed by atoms with Crippen LogP contribution in [0.4, 0.5) is 0 Å². The number of hydrogen-bond acceptors (Lipinski definition) is 9. The first-order chi connectivity index (χ1) is 31.9. The second kappa shape index (κ2) is 17.7. The maximum absolute atomic E-state index is 12.3. The minimum Gasteiger partial charge on any atom is -0.469 e. The molecule has 0 heterocycles. The molecule has 0 radical (unpaired) electrons. The fourth-order valence-corrected chi connectivity index (χ4v) is 16.5. The van der Waals surface area contributed by atoms with E-state index in [0.29, 0.717) is 17.8 Å². The summed E-state index contributed by atoms with van der Waals surface area (Å²) in [6.07, 6.45) is 4.87. The van der Waals surface area contributed by atoms with E-state index in [4.69, 9.17) is 14.2 Å². The van der Waals surface area contributed by atoms with Gasteiger partial charge in [-0.05, 0) is 146 Å². The highest BCUT2D eigenvalue weighted by Gasteiger charge is 2.64. The highest BCUT2D eigenvalue weighted by molar-refractivity contribution is 5.83. The van der Waals surface area contributed by atoms with Crippen LogP contribution in [0.2, 0.25) is 0 Å². The normalized spacial score (nSPS) is 39.2. The number of fused-ring (bicyclic) bond motifs is 3. The third-order valence-electron chi connectivity index (χ3n) is 18.7. The zero-order valence-corrected chi connectivity index (χ0v) is 39.1. The summed E-state index contributed by atoms with van der Waals surface area (Å²) in [5.74, 6) is 1.64. The van der Waals surface area contributed by atoms with Gasteiger partial charge in [-0.3, -0.25) is 14.4 Å². The third kappa shape index (κ3) is 6.75. The van der Waals surface area contributed by atoms with Crippen molar-refractivity contribution in [3.05, 3.63) is 124 Å². The molecule has 0 unspecified atom stereocenters. The fourth-order valence-electron chi connectivity index (χ4n) is 16.5. The van der Waals surface area contributed by atoms with E-state index in [9.17, 15) is 29.7 Å². The van der Waals surface area contributed by atoms with E-state index in [2.05, 4.69) is 57.2 Å². The van der Waals surface area contributed by atoms with Crippen molar-refractivity contribution in [1.82, 2.24) is 0 Å². The van der Waals surface area contributed by atoms with Gasteiger partial charge in [0.1, 0.15) is 0 Å². The number of carbonyl (C=O) groups excluding carboxylic acids is 3. The van der Waals surface area contributed by atoms with Crippen molar-refractivity contribution in [3.8, 4) is 0 Å². The van der Waals surface area contributed by atoms with Crippen LogP contribution >= 0.6 is 0 Å². The Morgan fingerprint density at radius 1 is 0.379 bits per heavy atom. The molecule has 12 aliphatic rings. The van der Waals surface area contributed by atoms with Gasteiger partial charge in [-0.25, -0.2) is 0 Å². The summed E-state index contributed by atoms with van der Waals surface area (Å²) in [4.78, 5) is 37.0. The lowest BCUT2D eigenvalue weighted by Crippen LogP contribution is -2.53. The number of hydrogen-bond donors (Lipinski definition) is 3. The Balaban J connectivity index is 0.000000116. The Morgan fingerprint density at radius 3 is 0.833 bits per heavy atom. The second-order valence-electron chi connectivity index (χ2n) is 20.9. The van der Waals surface area contributed by atoms with Crippen molar-refractivity contribution in [2.75, 3.05) is 21.3 Å². The summed E-state index contributed by atoms with van der Waals surface area (Å²) >= 11 is 0. The summed E-state index contributed by atoms with van der Waals surface area (Å²) in [5, 5.41) is 32.7. The van der Waals surface area contributed by atoms with E-state index in [-0.39, 0.29) is 88.9 Å². The summed E-state index contributed by atoms with van der Waals surface area (Å²) in [6, 6.07) is 31.0. The first-order valence-corrected chi connectivity index (χ1v) is 24.5. The Hall–Kier alpha value is -4.83. The van der Waals surface area contributed by atoms with Gasteiger partial charge in [0.15, 0.2) is 0 Å². The highest BCUT2D eigenvalue weighted by Crippen LogP contribution is 2.66. The van der Waals surface area contributed by atoms with Gasteiger partial charge in [0.05, 0.1) is 57.4 Å². The van der Waals surface area contributed by atoms with E-state index in [0.717, 1.165) is 38.5 Å². The van der Waals surface area contributed by atoms with Crippen molar-refractivity contribution < 1.29 is 43.9 Å². The van der Waals surface area contributed by atoms with Crippen molar-refractivity contribution >= 4 is 34.6 Å². The Kier molecular flexibility index (Phi) is 12.0. The van der Waals surface area contributed by atoms with Crippen molar-refractivity contribution in [3.63, 3.8) is 0 Å². The molecule has 0 aliphatic heterocycles. The van der Waals surface area contributed by atoms with E-state index < -0.39 is 18.3 Å². The van der Waals surface area contributed by atoms with Gasteiger partial charge in [-0.15, -0.1) is 0 Å². The van der Waals surface area contributed by atoms with Gasteiger partial charge in [0, 0.05) is 17.8 Å². The van der Waals surface area contributed by atoms with Crippen LogP contribution in [0, 0.1) is 88.8 Å². The molecule has 0 aromatic heterocycles. The van der Waals surface area contributed by atoms with Crippen molar-refractivity contribution in [2.24, 2.45) is 88.8 Å². The van der Waals surface area contributed by atoms with Crippen LogP contribution in [0.5, 0.6) is 0 Å². The Morgan fingerprint density at radius 2 is 0.606 bits per heavy atom. The van der Waals surface area contributed by atoms with E-state index >= 15 is 0 Å². The SMILES string of the molecule is COC(=O)[C@@H]1[C@@H]2CC[C@H]3[C@H](C(c4ccccc4)=C(C)[C@H]31)[C@@H]2O.COC(=O)[C@@H]1[C@@H]2CC[C@H]3[C@H](C(c4ccccc4)=C(C)[C@H]31)[C@@H]2O.COC(=O)[C@H]1[C@H]2CC[C@@H]3[C@@H](C(c4ccccc4)=C(C)[C@@H]31)[C@H]2O. The largest absolute Gasteiger partial charge is 0.469 e. The number of carbonyl (C=O) groups is 3. The molecule has 9 saturated carbocycles. The van der Waals surface area contributed by atoms with Crippen LogP contribution in [0.1, 0.15) is 76.0 Å². The summed E-state index contributed by atoms with van der Waals surface area (Å²) in [5.41, 5.74) is 11.3. The van der Waals surface area contributed by atoms with Crippen LogP contribution < -0.4 is 0 Å². The second-order valence-corrected chi connectivity index (χ2v) is 20.9. The number of aliphatic hydroxyl groups excluding tert-OH is 3. The molecule has 0 spiro atoms. The molecule has 18 atom stereocenters. The third-order valence-corrected chi connectivity index (χ3v) is 18.7.